The number of halogens is 1. The summed E-state index contributed by atoms with van der Waals surface area (Å²) in [5.41, 5.74) is 2.64. The van der Waals surface area contributed by atoms with Gasteiger partial charge in [-0.3, -0.25) is 0 Å². The zero-order valence-corrected chi connectivity index (χ0v) is 15.4. The molecule has 0 aliphatic rings. The van der Waals surface area contributed by atoms with Gasteiger partial charge in [-0.05, 0) is 65.3 Å². The van der Waals surface area contributed by atoms with Crippen LogP contribution >= 0.6 is 27.3 Å². The maximum absolute atomic E-state index is 4.56. The molecule has 0 spiro atoms. The summed E-state index contributed by atoms with van der Waals surface area (Å²) in [6, 6.07) is 6.38. The smallest absolute Gasteiger partial charge is 0.128 e. The van der Waals surface area contributed by atoms with Crippen LogP contribution in [0.25, 0.3) is 0 Å². The lowest BCUT2D eigenvalue weighted by atomic mass is 10.1. The average molecular weight is 368 g/mol. The molecule has 3 nitrogen and oxygen atoms in total. The van der Waals surface area contributed by atoms with Crippen LogP contribution in [0.2, 0.25) is 0 Å². The number of hydrogen-bond acceptors (Lipinski definition) is 4. The van der Waals surface area contributed by atoms with E-state index in [0.29, 0.717) is 0 Å². The summed E-state index contributed by atoms with van der Waals surface area (Å²) >= 11 is 5.21. The highest BCUT2D eigenvalue weighted by Gasteiger charge is 2.09. The molecule has 0 fully saturated rings. The van der Waals surface area contributed by atoms with Crippen molar-refractivity contribution >= 4 is 33.1 Å². The van der Waals surface area contributed by atoms with Crippen molar-refractivity contribution in [1.29, 1.82) is 0 Å². The molecule has 2 rings (SSSR count). The highest BCUT2D eigenvalue weighted by atomic mass is 79.9. The van der Waals surface area contributed by atoms with Gasteiger partial charge in [-0.15, -0.1) is 11.3 Å². The first-order valence-electron chi connectivity index (χ1n) is 6.97. The molecule has 114 valence electrons. The molecule has 2 heterocycles. The summed E-state index contributed by atoms with van der Waals surface area (Å²) in [7, 11) is 2.07. The highest BCUT2D eigenvalue weighted by molar-refractivity contribution is 9.11. The van der Waals surface area contributed by atoms with E-state index < -0.39 is 0 Å². The van der Waals surface area contributed by atoms with Crippen LogP contribution in [0.4, 0.5) is 5.82 Å². The second-order valence-electron chi connectivity index (χ2n) is 6.24. The monoisotopic (exact) mass is 367 g/mol. The fourth-order valence-corrected chi connectivity index (χ4v) is 3.10. The van der Waals surface area contributed by atoms with Crippen LogP contribution in [0.3, 0.4) is 0 Å². The Hall–Kier alpha value is -0.910. The molecule has 0 saturated heterocycles. The van der Waals surface area contributed by atoms with Crippen LogP contribution in [0, 0.1) is 0 Å². The Morgan fingerprint density at radius 2 is 2.05 bits per heavy atom. The molecule has 2 aromatic rings. The lowest BCUT2D eigenvalue weighted by Crippen LogP contribution is -2.35. The Labute approximate surface area is 139 Å². The summed E-state index contributed by atoms with van der Waals surface area (Å²) in [6.07, 6.45) is 1.95. The Bertz CT molecular complexity index is 572. The molecular formula is C16H22BrN3S. The van der Waals surface area contributed by atoms with E-state index in [4.69, 9.17) is 0 Å². The number of rotatable bonds is 5. The highest BCUT2D eigenvalue weighted by Crippen LogP contribution is 2.22. The van der Waals surface area contributed by atoms with Crippen LogP contribution in [-0.4, -0.2) is 17.6 Å². The fraction of sp³-hybridized carbons (Fsp3) is 0.438. The molecule has 0 aromatic carbocycles. The van der Waals surface area contributed by atoms with Gasteiger partial charge in [-0.25, -0.2) is 4.98 Å². The molecule has 1 N–H and O–H groups in total. The summed E-state index contributed by atoms with van der Waals surface area (Å²) < 4.78 is 1.17. The molecule has 5 heteroatoms. The number of pyridine rings is 1. The molecule has 0 amide bonds. The molecule has 0 aliphatic carbocycles. The van der Waals surface area contributed by atoms with Crippen LogP contribution in [0.1, 0.15) is 31.9 Å². The number of nitrogens with one attached hydrogen (secondary N) is 1. The predicted octanol–water partition coefficient (Wildman–Crippen LogP) is 4.43. The first-order valence-corrected chi connectivity index (χ1v) is 8.65. The molecule has 0 radical (unpaired) electrons. The van der Waals surface area contributed by atoms with Gasteiger partial charge in [0.1, 0.15) is 5.82 Å². The van der Waals surface area contributed by atoms with Crippen LogP contribution in [0.5, 0.6) is 0 Å². The van der Waals surface area contributed by atoms with Gasteiger partial charge in [-0.2, -0.15) is 0 Å². The molecule has 0 bridgehead atoms. The van der Waals surface area contributed by atoms with Gasteiger partial charge in [0.15, 0.2) is 0 Å². The van der Waals surface area contributed by atoms with Crippen LogP contribution < -0.4 is 10.2 Å². The van der Waals surface area contributed by atoms with Crippen LogP contribution in [0.15, 0.2) is 33.6 Å². The molecule has 0 unspecified atom stereocenters. The number of aromatic nitrogens is 1. The number of nitrogens with zero attached hydrogens (tertiary/aromatic N) is 2. The molecule has 0 atom stereocenters. The first kappa shape index (κ1) is 16.5. The second-order valence-corrected chi connectivity index (χ2v) is 8.53. The number of anilines is 1. The molecule has 2 aromatic heterocycles. The van der Waals surface area contributed by atoms with E-state index in [2.05, 4.69) is 82.5 Å². The van der Waals surface area contributed by atoms with E-state index in [1.54, 1.807) is 11.3 Å². The van der Waals surface area contributed by atoms with E-state index in [9.17, 15) is 0 Å². The minimum atomic E-state index is 0.127. The first-order chi connectivity index (χ1) is 9.83. The third-order valence-electron chi connectivity index (χ3n) is 3.06. The minimum absolute atomic E-state index is 0.127. The third-order valence-corrected chi connectivity index (χ3v) is 4.62. The Kier molecular flexibility index (Phi) is 5.41. The Morgan fingerprint density at radius 1 is 1.29 bits per heavy atom. The van der Waals surface area contributed by atoms with Gasteiger partial charge >= 0.3 is 0 Å². The van der Waals surface area contributed by atoms with Gasteiger partial charge < -0.3 is 10.2 Å². The van der Waals surface area contributed by atoms with Crippen LogP contribution in [-0.2, 0) is 13.1 Å². The largest absolute Gasteiger partial charge is 0.355 e. The van der Waals surface area contributed by atoms with Crippen molar-refractivity contribution < 1.29 is 0 Å². The number of thiophene rings is 1. The van der Waals surface area contributed by atoms with Crippen molar-refractivity contribution in [1.82, 2.24) is 10.3 Å². The number of hydrogen-bond donors (Lipinski definition) is 1. The molecule has 0 saturated carbocycles. The van der Waals surface area contributed by atoms with Crippen molar-refractivity contribution in [2.75, 3.05) is 11.9 Å². The Morgan fingerprint density at radius 3 is 2.57 bits per heavy atom. The average Bonchev–Trinajstić information content (AvgIpc) is 2.81. The summed E-state index contributed by atoms with van der Waals surface area (Å²) in [6.45, 7) is 8.22. The van der Waals surface area contributed by atoms with E-state index in [1.807, 2.05) is 6.20 Å². The molecule has 0 aliphatic heterocycles. The lowest BCUT2D eigenvalue weighted by molar-refractivity contribution is 0.424. The zero-order valence-electron chi connectivity index (χ0n) is 13.0. The third kappa shape index (κ3) is 5.41. The van der Waals surface area contributed by atoms with E-state index in [0.717, 1.165) is 18.9 Å². The van der Waals surface area contributed by atoms with Crippen molar-refractivity contribution in [3.63, 3.8) is 0 Å². The second kappa shape index (κ2) is 6.90. The van der Waals surface area contributed by atoms with E-state index in [-0.39, 0.29) is 5.54 Å². The molecule has 21 heavy (non-hydrogen) atoms. The van der Waals surface area contributed by atoms with Gasteiger partial charge in [0, 0.05) is 31.9 Å². The maximum atomic E-state index is 4.56. The quantitative estimate of drug-likeness (QED) is 0.846. The van der Waals surface area contributed by atoms with Crippen molar-refractivity contribution in [3.8, 4) is 0 Å². The summed E-state index contributed by atoms with van der Waals surface area (Å²) in [4.78, 5) is 6.72. The van der Waals surface area contributed by atoms with Gasteiger partial charge in [0.25, 0.3) is 0 Å². The van der Waals surface area contributed by atoms with Gasteiger partial charge in [0.05, 0.1) is 3.79 Å². The predicted molar refractivity (Wildman–Crippen MR) is 95.0 cm³/mol. The van der Waals surface area contributed by atoms with Crippen molar-refractivity contribution in [2.45, 2.75) is 39.4 Å². The topological polar surface area (TPSA) is 28.2 Å². The summed E-state index contributed by atoms with van der Waals surface area (Å²) in [5.74, 6) is 0.997. The van der Waals surface area contributed by atoms with Crippen molar-refractivity contribution in [3.05, 3.63) is 44.7 Å². The standard InChI is InChI=1S/C16H22BrN3S/c1-16(2,3)19-9-12-5-6-15(18-8-12)20(4)10-13-7-14(17)21-11-13/h5-8,11,19H,9-10H2,1-4H3. The van der Waals surface area contributed by atoms with E-state index in [1.165, 1.54) is 14.9 Å². The van der Waals surface area contributed by atoms with E-state index >= 15 is 0 Å². The maximum Gasteiger partial charge on any atom is 0.128 e. The fourth-order valence-electron chi connectivity index (χ4n) is 1.90. The zero-order chi connectivity index (χ0) is 15.5. The van der Waals surface area contributed by atoms with Crippen molar-refractivity contribution in [2.24, 2.45) is 0 Å². The van der Waals surface area contributed by atoms with Gasteiger partial charge in [-0.1, -0.05) is 6.07 Å². The summed E-state index contributed by atoms with van der Waals surface area (Å²) in [5, 5.41) is 5.64. The Balaban J connectivity index is 1.94. The van der Waals surface area contributed by atoms with Gasteiger partial charge in [0.2, 0.25) is 0 Å². The minimum Gasteiger partial charge on any atom is -0.355 e. The normalized spacial score (nSPS) is 11.7. The SMILES string of the molecule is CN(Cc1csc(Br)c1)c1ccc(CNC(C)(C)C)cn1. The molecular weight excluding hydrogens is 346 g/mol. The lowest BCUT2D eigenvalue weighted by Gasteiger charge is -2.21.